The van der Waals surface area contributed by atoms with Crippen LogP contribution in [0.25, 0.3) is 0 Å². The molecule has 54 valence electrons. The predicted octanol–water partition coefficient (Wildman–Crippen LogP) is 0.585. The largest absolute Gasteiger partial charge is 0.401 e. The van der Waals surface area contributed by atoms with E-state index in [1.165, 1.54) is 0 Å². The lowest BCUT2D eigenvalue weighted by atomic mass is 10.4. The second-order valence-corrected chi connectivity index (χ2v) is 1.77. The Kier molecular flexibility index (Phi) is 4.99. The molecule has 0 aliphatic heterocycles. The predicted molar refractivity (Wildman–Crippen MR) is 43.9 cm³/mol. The lowest BCUT2D eigenvalue weighted by Crippen LogP contribution is -2.15. The van der Waals surface area contributed by atoms with Crippen molar-refractivity contribution in [3.8, 4) is 12.5 Å². The molecule has 0 bridgehead atoms. The molecule has 0 rings (SSSR count). The summed E-state index contributed by atoms with van der Waals surface area (Å²) in [7, 11) is 0. The van der Waals surface area contributed by atoms with Crippen LogP contribution in [-0.2, 0) is 0 Å². The van der Waals surface area contributed by atoms with Gasteiger partial charge < -0.3 is 11.1 Å². The smallest absolute Gasteiger partial charge is 0.0625 e. The molecular formula is C8H12N2. The van der Waals surface area contributed by atoms with E-state index in [2.05, 4.69) is 11.4 Å². The molecule has 2 nitrogen and oxygen atoms in total. The van der Waals surface area contributed by atoms with Gasteiger partial charge in [-0.1, -0.05) is 18.6 Å². The van der Waals surface area contributed by atoms with E-state index in [0.29, 0.717) is 6.54 Å². The van der Waals surface area contributed by atoms with Gasteiger partial charge >= 0.3 is 0 Å². The maximum Gasteiger partial charge on any atom is 0.0625 e. The standard InChI is InChI=1S/C8H12N2/c1-3-5-6-8(9)7-10-4-2/h2-3,5-6,10H,7,9H2,1H3/b5-3-,8-6+. The molecule has 0 radical (unpaired) electrons. The van der Waals surface area contributed by atoms with Gasteiger partial charge in [0.15, 0.2) is 0 Å². The molecule has 0 atom stereocenters. The summed E-state index contributed by atoms with van der Waals surface area (Å²) in [6, 6.07) is 2.28. The van der Waals surface area contributed by atoms with Gasteiger partial charge in [0.25, 0.3) is 0 Å². The summed E-state index contributed by atoms with van der Waals surface area (Å²) in [5.74, 6) is 0. The number of nitrogens with two attached hydrogens (primary N) is 1. The van der Waals surface area contributed by atoms with Crippen LogP contribution in [0, 0.1) is 12.5 Å². The van der Waals surface area contributed by atoms with Crippen molar-refractivity contribution in [1.29, 1.82) is 0 Å². The lowest BCUT2D eigenvalue weighted by molar-refractivity contribution is 0.955. The Morgan fingerprint density at radius 3 is 3.00 bits per heavy atom. The highest BCUT2D eigenvalue weighted by Crippen LogP contribution is 1.81. The van der Waals surface area contributed by atoms with Crippen LogP contribution < -0.4 is 11.1 Å². The zero-order valence-electron chi connectivity index (χ0n) is 6.09. The summed E-state index contributed by atoms with van der Waals surface area (Å²) in [5.41, 5.74) is 6.23. The summed E-state index contributed by atoms with van der Waals surface area (Å²) < 4.78 is 0. The molecule has 2 heteroatoms. The van der Waals surface area contributed by atoms with Gasteiger partial charge in [0.05, 0.1) is 6.54 Å². The third-order valence-electron chi connectivity index (χ3n) is 0.897. The van der Waals surface area contributed by atoms with Crippen molar-refractivity contribution in [2.75, 3.05) is 6.54 Å². The Morgan fingerprint density at radius 2 is 2.50 bits per heavy atom. The van der Waals surface area contributed by atoms with E-state index in [1.54, 1.807) is 0 Å². The van der Waals surface area contributed by atoms with Crippen LogP contribution in [0.1, 0.15) is 6.92 Å². The fourth-order valence-corrected chi connectivity index (χ4v) is 0.432. The molecule has 0 fully saturated rings. The molecule has 0 unspecified atom stereocenters. The third-order valence-corrected chi connectivity index (χ3v) is 0.897. The average molecular weight is 136 g/mol. The molecule has 0 aliphatic rings. The highest BCUT2D eigenvalue weighted by Gasteiger charge is 1.82. The lowest BCUT2D eigenvalue weighted by Gasteiger charge is -1.95. The average Bonchev–Trinajstić information content (AvgIpc) is 1.97. The van der Waals surface area contributed by atoms with Gasteiger partial charge in [0.1, 0.15) is 0 Å². The van der Waals surface area contributed by atoms with Crippen molar-refractivity contribution in [2.24, 2.45) is 5.73 Å². The molecule has 0 heterocycles. The van der Waals surface area contributed by atoms with Gasteiger partial charge in [-0.3, -0.25) is 0 Å². The summed E-state index contributed by atoms with van der Waals surface area (Å²) in [6.45, 7) is 2.47. The fraction of sp³-hybridized carbons (Fsp3) is 0.250. The first kappa shape index (κ1) is 8.64. The van der Waals surface area contributed by atoms with Crippen LogP contribution >= 0.6 is 0 Å². The fourth-order valence-electron chi connectivity index (χ4n) is 0.432. The monoisotopic (exact) mass is 136 g/mol. The van der Waals surface area contributed by atoms with Crippen molar-refractivity contribution in [2.45, 2.75) is 6.92 Å². The Balaban J connectivity index is 3.62. The number of terminal acetylenes is 1. The van der Waals surface area contributed by atoms with Crippen molar-refractivity contribution in [3.63, 3.8) is 0 Å². The van der Waals surface area contributed by atoms with Crippen LogP contribution in [0.15, 0.2) is 23.9 Å². The molecule has 10 heavy (non-hydrogen) atoms. The van der Waals surface area contributed by atoms with E-state index in [4.69, 9.17) is 12.2 Å². The molecule has 0 saturated heterocycles. The number of nitrogens with one attached hydrogen (secondary N) is 1. The van der Waals surface area contributed by atoms with E-state index in [1.807, 2.05) is 25.2 Å². The van der Waals surface area contributed by atoms with Gasteiger partial charge in [-0.2, -0.15) is 0 Å². The van der Waals surface area contributed by atoms with Gasteiger partial charge in [0, 0.05) is 11.7 Å². The van der Waals surface area contributed by atoms with Crippen LogP contribution in [0.5, 0.6) is 0 Å². The second-order valence-electron chi connectivity index (χ2n) is 1.77. The topological polar surface area (TPSA) is 38.0 Å². The Hall–Kier alpha value is -1.36. The number of allylic oxidation sites excluding steroid dienone is 3. The van der Waals surface area contributed by atoms with Crippen molar-refractivity contribution < 1.29 is 0 Å². The minimum absolute atomic E-state index is 0.542. The minimum Gasteiger partial charge on any atom is -0.401 e. The molecule has 0 aromatic carbocycles. The van der Waals surface area contributed by atoms with Crippen molar-refractivity contribution in [3.05, 3.63) is 23.9 Å². The maximum absolute atomic E-state index is 5.50. The van der Waals surface area contributed by atoms with Crippen LogP contribution in [0.2, 0.25) is 0 Å². The molecule has 0 aromatic rings. The van der Waals surface area contributed by atoms with Crippen LogP contribution in [-0.4, -0.2) is 6.54 Å². The third kappa shape index (κ3) is 4.79. The highest BCUT2D eigenvalue weighted by atomic mass is 14.8. The molecule has 3 N–H and O–H groups in total. The van der Waals surface area contributed by atoms with E-state index in [0.717, 1.165) is 5.70 Å². The first-order valence-electron chi connectivity index (χ1n) is 3.07. The molecular weight excluding hydrogens is 124 g/mol. The van der Waals surface area contributed by atoms with E-state index < -0.39 is 0 Å². The molecule has 0 spiro atoms. The van der Waals surface area contributed by atoms with E-state index in [-0.39, 0.29) is 0 Å². The number of rotatable bonds is 3. The Labute approximate surface area is 61.8 Å². The van der Waals surface area contributed by atoms with Crippen molar-refractivity contribution >= 4 is 0 Å². The molecule has 0 saturated carbocycles. The van der Waals surface area contributed by atoms with E-state index >= 15 is 0 Å². The van der Waals surface area contributed by atoms with E-state index in [9.17, 15) is 0 Å². The normalized spacial score (nSPS) is 11.4. The summed E-state index contributed by atoms with van der Waals surface area (Å²) in [4.78, 5) is 0. The van der Waals surface area contributed by atoms with Gasteiger partial charge in [0.2, 0.25) is 0 Å². The first-order chi connectivity index (χ1) is 4.81. The maximum atomic E-state index is 5.50. The number of hydrogen-bond acceptors (Lipinski definition) is 2. The molecule has 0 aliphatic carbocycles. The molecule has 0 amide bonds. The molecule has 0 aromatic heterocycles. The highest BCUT2D eigenvalue weighted by molar-refractivity contribution is 5.10. The summed E-state index contributed by atoms with van der Waals surface area (Å²) >= 11 is 0. The zero-order chi connectivity index (χ0) is 7.82. The zero-order valence-corrected chi connectivity index (χ0v) is 6.09. The Bertz CT molecular complexity index is 172. The van der Waals surface area contributed by atoms with Crippen molar-refractivity contribution in [1.82, 2.24) is 5.32 Å². The first-order valence-corrected chi connectivity index (χ1v) is 3.07. The summed E-state index contributed by atoms with van der Waals surface area (Å²) in [6.07, 6.45) is 10.5. The van der Waals surface area contributed by atoms with Gasteiger partial charge in [-0.25, -0.2) is 0 Å². The summed E-state index contributed by atoms with van der Waals surface area (Å²) in [5, 5.41) is 2.66. The van der Waals surface area contributed by atoms with Gasteiger partial charge in [-0.05, 0) is 13.0 Å². The SMILES string of the molecule is C#CNC/C(N)=C\C=C/C. The second kappa shape index (κ2) is 5.77. The number of hydrogen-bond donors (Lipinski definition) is 2. The quantitative estimate of drug-likeness (QED) is 0.338. The van der Waals surface area contributed by atoms with Crippen LogP contribution in [0.4, 0.5) is 0 Å². The van der Waals surface area contributed by atoms with Crippen LogP contribution in [0.3, 0.4) is 0 Å². The van der Waals surface area contributed by atoms with Gasteiger partial charge in [-0.15, -0.1) is 0 Å². The Morgan fingerprint density at radius 1 is 1.80 bits per heavy atom. The minimum atomic E-state index is 0.542.